The molecule has 0 bridgehead atoms. The quantitative estimate of drug-likeness (QED) is 0.734. The van der Waals surface area contributed by atoms with Gasteiger partial charge in [-0.15, -0.1) is 0 Å². The molecule has 5 nitrogen and oxygen atoms in total. The molecule has 0 aliphatic carbocycles. The first kappa shape index (κ1) is 19.5. The third-order valence-electron chi connectivity index (χ3n) is 4.23. The molecule has 26 heavy (non-hydrogen) atoms. The van der Waals surface area contributed by atoms with Crippen molar-refractivity contribution in [2.45, 2.75) is 32.2 Å². The predicted molar refractivity (Wildman–Crippen MR) is 100 cm³/mol. The lowest BCUT2D eigenvalue weighted by Crippen LogP contribution is -2.29. The fourth-order valence-corrected chi connectivity index (χ4v) is 2.87. The van der Waals surface area contributed by atoms with Gasteiger partial charge in [0.15, 0.2) is 0 Å². The molecule has 0 heterocycles. The van der Waals surface area contributed by atoms with Gasteiger partial charge in [0.1, 0.15) is 11.3 Å². The molecule has 1 amide bonds. The zero-order chi connectivity index (χ0) is 18.9. The molecule has 0 aliphatic heterocycles. The van der Waals surface area contributed by atoms with Crippen molar-refractivity contribution < 1.29 is 19.1 Å². The standard InChI is InChI=1S/C21H25NO4/c1-4-8-17(16-9-6-5-7-10-16)20(23)22-14-15-11-12-19(25-2)18(13-15)21(24)26-3/h5-7,9-13,17H,4,8,14H2,1-3H3,(H,22,23). The first-order valence-corrected chi connectivity index (χ1v) is 8.68. The van der Waals surface area contributed by atoms with E-state index in [1.165, 1.54) is 14.2 Å². The Kier molecular flexibility index (Phi) is 7.21. The van der Waals surface area contributed by atoms with Gasteiger partial charge in [0.2, 0.25) is 5.91 Å². The van der Waals surface area contributed by atoms with Gasteiger partial charge < -0.3 is 14.8 Å². The number of hydrogen-bond donors (Lipinski definition) is 1. The molecule has 1 N–H and O–H groups in total. The fourth-order valence-electron chi connectivity index (χ4n) is 2.87. The molecule has 1 atom stereocenters. The van der Waals surface area contributed by atoms with Crippen molar-refractivity contribution in [3.63, 3.8) is 0 Å². The molecule has 0 aromatic heterocycles. The lowest BCUT2D eigenvalue weighted by Gasteiger charge is -2.17. The Hall–Kier alpha value is -2.82. The third kappa shape index (κ3) is 4.85. The summed E-state index contributed by atoms with van der Waals surface area (Å²) < 4.78 is 9.97. The van der Waals surface area contributed by atoms with Crippen LogP contribution in [-0.2, 0) is 16.1 Å². The van der Waals surface area contributed by atoms with Gasteiger partial charge >= 0.3 is 5.97 Å². The summed E-state index contributed by atoms with van der Waals surface area (Å²) >= 11 is 0. The molecule has 2 rings (SSSR count). The lowest BCUT2D eigenvalue weighted by molar-refractivity contribution is -0.122. The van der Waals surface area contributed by atoms with Crippen molar-refractivity contribution in [2.75, 3.05) is 14.2 Å². The van der Waals surface area contributed by atoms with E-state index in [1.54, 1.807) is 12.1 Å². The highest BCUT2D eigenvalue weighted by atomic mass is 16.5. The SMILES string of the molecule is CCCC(C(=O)NCc1ccc(OC)c(C(=O)OC)c1)c1ccccc1. The third-order valence-corrected chi connectivity index (χ3v) is 4.23. The average Bonchev–Trinajstić information content (AvgIpc) is 2.70. The number of esters is 1. The van der Waals surface area contributed by atoms with Gasteiger partial charge in [-0.25, -0.2) is 4.79 Å². The van der Waals surface area contributed by atoms with Gasteiger partial charge in [0, 0.05) is 6.54 Å². The Morgan fingerprint density at radius 3 is 2.42 bits per heavy atom. The van der Waals surface area contributed by atoms with Gasteiger partial charge in [-0.3, -0.25) is 4.79 Å². The molecule has 0 aliphatic rings. The Balaban J connectivity index is 2.11. The topological polar surface area (TPSA) is 64.6 Å². The highest BCUT2D eigenvalue weighted by molar-refractivity contribution is 5.92. The second kappa shape index (κ2) is 9.61. The number of hydrogen-bond acceptors (Lipinski definition) is 4. The summed E-state index contributed by atoms with van der Waals surface area (Å²) in [5, 5.41) is 2.97. The second-order valence-electron chi connectivity index (χ2n) is 6.00. The van der Waals surface area contributed by atoms with Crippen LogP contribution in [0.1, 0.15) is 47.2 Å². The van der Waals surface area contributed by atoms with Crippen molar-refractivity contribution >= 4 is 11.9 Å². The molecular formula is C21H25NO4. The minimum absolute atomic E-state index is 0.0199. The van der Waals surface area contributed by atoms with Crippen LogP contribution in [0.5, 0.6) is 5.75 Å². The summed E-state index contributed by atoms with van der Waals surface area (Å²) in [4.78, 5) is 24.5. The number of rotatable bonds is 8. The van der Waals surface area contributed by atoms with Crippen LogP contribution >= 0.6 is 0 Å². The summed E-state index contributed by atoms with van der Waals surface area (Å²) in [6, 6.07) is 15.0. The molecule has 0 fully saturated rings. The van der Waals surface area contributed by atoms with Crippen LogP contribution in [0.4, 0.5) is 0 Å². The van der Waals surface area contributed by atoms with Crippen LogP contribution in [0.25, 0.3) is 0 Å². The average molecular weight is 355 g/mol. The van der Waals surface area contributed by atoms with E-state index in [-0.39, 0.29) is 11.8 Å². The Morgan fingerprint density at radius 2 is 1.81 bits per heavy atom. The van der Waals surface area contributed by atoms with E-state index in [0.29, 0.717) is 17.9 Å². The molecule has 2 aromatic carbocycles. The number of ether oxygens (including phenoxy) is 2. The normalized spacial score (nSPS) is 11.5. The Morgan fingerprint density at radius 1 is 1.08 bits per heavy atom. The Bertz CT molecular complexity index is 743. The van der Waals surface area contributed by atoms with Gasteiger partial charge in [-0.1, -0.05) is 49.7 Å². The first-order chi connectivity index (χ1) is 12.6. The maximum absolute atomic E-state index is 12.7. The summed E-state index contributed by atoms with van der Waals surface area (Å²) in [5.74, 6) is -0.226. The van der Waals surface area contributed by atoms with E-state index in [9.17, 15) is 9.59 Å². The highest BCUT2D eigenvalue weighted by Gasteiger charge is 2.20. The van der Waals surface area contributed by atoms with Crippen molar-refractivity contribution in [3.05, 3.63) is 65.2 Å². The molecule has 1 unspecified atom stereocenters. The minimum Gasteiger partial charge on any atom is -0.496 e. The highest BCUT2D eigenvalue weighted by Crippen LogP contribution is 2.23. The lowest BCUT2D eigenvalue weighted by atomic mass is 9.93. The van der Waals surface area contributed by atoms with Crippen LogP contribution in [0.3, 0.4) is 0 Å². The van der Waals surface area contributed by atoms with Crippen molar-refractivity contribution in [1.82, 2.24) is 5.32 Å². The minimum atomic E-state index is -0.469. The van der Waals surface area contributed by atoms with Gasteiger partial charge in [0.05, 0.1) is 20.1 Å². The number of benzene rings is 2. The van der Waals surface area contributed by atoms with Crippen LogP contribution in [0.15, 0.2) is 48.5 Å². The van der Waals surface area contributed by atoms with Crippen LogP contribution in [-0.4, -0.2) is 26.1 Å². The Labute approximate surface area is 154 Å². The van der Waals surface area contributed by atoms with E-state index in [4.69, 9.17) is 9.47 Å². The van der Waals surface area contributed by atoms with Crippen LogP contribution in [0.2, 0.25) is 0 Å². The maximum atomic E-state index is 12.7. The van der Waals surface area contributed by atoms with E-state index < -0.39 is 5.97 Å². The number of amides is 1. The predicted octanol–water partition coefficient (Wildman–Crippen LogP) is 3.68. The second-order valence-corrected chi connectivity index (χ2v) is 6.00. The molecule has 0 saturated heterocycles. The first-order valence-electron chi connectivity index (χ1n) is 8.68. The van der Waals surface area contributed by atoms with Gasteiger partial charge in [0.25, 0.3) is 0 Å². The largest absolute Gasteiger partial charge is 0.496 e. The molecular weight excluding hydrogens is 330 g/mol. The monoisotopic (exact) mass is 355 g/mol. The summed E-state index contributed by atoms with van der Waals surface area (Å²) in [5.41, 5.74) is 2.16. The van der Waals surface area contributed by atoms with E-state index in [1.807, 2.05) is 36.4 Å². The van der Waals surface area contributed by atoms with E-state index in [2.05, 4.69) is 12.2 Å². The number of carbonyl (C=O) groups excluding carboxylic acids is 2. The summed E-state index contributed by atoms with van der Waals surface area (Å²) in [6.45, 7) is 2.40. The molecule has 0 spiro atoms. The maximum Gasteiger partial charge on any atom is 0.341 e. The van der Waals surface area contributed by atoms with Gasteiger partial charge in [-0.2, -0.15) is 0 Å². The molecule has 5 heteroatoms. The smallest absolute Gasteiger partial charge is 0.341 e. The zero-order valence-corrected chi connectivity index (χ0v) is 15.5. The van der Waals surface area contributed by atoms with E-state index >= 15 is 0 Å². The number of carbonyl (C=O) groups is 2. The summed E-state index contributed by atoms with van der Waals surface area (Å²) in [7, 11) is 2.82. The molecule has 2 aromatic rings. The van der Waals surface area contributed by atoms with Crippen LogP contribution in [0, 0.1) is 0 Å². The van der Waals surface area contributed by atoms with Crippen molar-refractivity contribution in [1.29, 1.82) is 0 Å². The van der Waals surface area contributed by atoms with E-state index in [0.717, 1.165) is 24.0 Å². The van der Waals surface area contributed by atoms with Crippen LogP contribution < -0.4 is 10.1 Å². The molecule has 138 valence electrons. The summed E-state index contributed by atoms with van der Waals surface area (Å²) in [6.07, 6.45) is 1.70. The molecule has 0 saturated carbocycles. The number of methoxy groups -OCH3 is 2. The molecule has 0 radical (unpaired) electrons. The fraction of sp³-hybridized carbons (Fsp3) is 0.333. The van der Waals surface area contributed by atoms with Crippen molar-refractivity contribution in [3.8, 4) is 5.75 Å². The number of nitrogens with one attached hydrogen (secondary N) is 1. The van der Waals surface area contributed by atoms with Crippen molar-refractivity contribution in [2.24, 2.45) is 0 Å². The van der Waals surface area contributed by atoms with Gasteiger partial charge in [-0.05, 0) is 29.7 Å². The zero-order valence-electron chi connectivity index (χ0n) is 15.5.